The predicted octanol–water partition coefficient (Wildman–Crippen LogP) is 11.1. The van der Waals surface area contributed by atoms with Crippen LogP contribution in [0, 0.1) is 0 Å². The highest BCUT2D eigenvalue weighted by Gasteiger charge is 2.38. The molecular formula is C45H32N4. The van der Waals surface area contributed by atoms with Gasteiger partial charge < -0.3 is 0 Å². The second-order valence-electron chi connectivity index (χ2n) is 13.1. The summed E-state index contributed by atoms with van der Waals surface area (Å²) in [7, 11) is 0. The number of hydrogen-bond acceptors (Lipinski definition) is 4. The van der Waals surface area contributed by atoms with Crippen molar-refractivity contribution in [2.24, 2.45) is 0 Å². The van der Waals surface area contributed by atoms with Gasteiger partial charge in [0.1, 0.15) is 0 Å². The van der Waals surface area contributed by atoms with Crippen LogP contribution < -0.4 is 0 Å². The van der Waals surface area contributed by atoms with E-state index in [1.54, 1.807) is 12.4 Å². The minimum atomic E-state index is -0.128. The molecule has 0 fully saturated rings. The zero-order valence-corrected chi connectivity index (χ0v) is 27.3. The first-order valence-electron chi connectivity index (χ1n) is 16.6. The van der Waals surface area contributed by atoms with Gasteiger partial charge in [-0.15, -0.1) is 0 Å². The van der Waals surface area contributed by atoms with Gasteiger partial charge in [-0.1, -0.05) is 141 Å². The molecule has 0 spiro atoms. The van der Waals surface area contributed by atoms with Crippen LogP contribution in [0.4, 0.5) is 0 Å². The Morgan fingerprint density at radius 3 is 1.88 bits per heavy atom. The lowest BCUT2D eigenvalue weighted by atomic mass is 9.80. The molecule has 4 nitrogen and oxygen atoms in total. The largest absolute Gasteiger partial charge is 0.264 e. The summed E-state index contributed by atoms with van der Waals surface area (Å²) >= 11 is 0. The second kappa shape index (κ2) is 11.5. The summed E-state index contributed by atoms with van der Waals surface area (Å²) in [5, 5.41) is 2.59. The molecule has 0 radical (unpaired) electrons. The fourth-order valence-corrected chi connectivity index (χ4v) is 7.42. The summed E-state index contributed by atoms with van der Waals surface area (Å²) in [6.45, 7) is 4.70. The van der Waals surface area contributed by atoms with Crippen LogP contribution in [0.15, 0.2) is 158 Å². The summed E-state index contributed by atoms with van der Waals surface area (Å²) in [5.41, 5.74) is 12.6. The van der Waals surface area contributed by atoms with Crippen LogP contribution in [0.3, 0.4) is 0 Å². The van der Waals surface area contributed by atoms with Crippen molar-refractivity contribution in [1.29, 1.82) is 0 Å². The van der Waals surface area contributed by atoms with Crippen molar-refractivity contribution in [2.75, 3.05) is 0 Å². The van der Waals surface area contributed by atoms with Crippen LogP contribution in [0.25, 0.3) is 78.3 Å². The van der Waals surface area contributed by atoms with Crippen molar-refractivity contribution < 1.29 is 0 Å². The predicted molar refractivity (Wildman–Crippen MR) is 200 cm³/mol. The third-order valence-electron chi connectivity index (χ3n) is 9.80. The fourth-order valence-electron chi connectivity index (χ4n) is 7.42. The normalized spacial score (nSPS) is 12.9. The summed E-state index contributed by atoms with van der Waals surface area (Å²) in [4.78, 5) is 19.3. The van der Waals surface area contributed by atoms with Crippen LogP contribution in [0.2, 0.25) is 0 Å². The number of rotatable bonds is 5. The van der Waals surface area contributed by atoms with Crippen molar-refractivity contribution in [2.45, 2.75) is 19.3 Å². The maximum absolute atomic E-state index is 5.06. The van der Waals surface area contributed by atoms with E-state index in [4.69, 9.17) is 15.0 Å². The highest BCUT2D eigenvalue weighted by atomic mass is 15.0. The van der Waals surface area contributed by atoms with Gasteiger partial charge in [-0.3, -0.25) is 4.98 Å². The number of pyridine rings is 1. The molecule has 0 atom stereocenters. The number of nitrogens with zero attached hydrogens (tertiary/aromatic N) is 4. The molecule has 0 amide bonds. The van der Waals surface area contributed by atoms with Gasteiger partial charge in [0.25, 0.3) is 0 Å². The molecule has 0 aliphatic heterocycles. The van der Waals surface area contributed by atoms with Crippen LogP contribution in [0.5, 0.6) is 0 Å². The molecule has 6 aromatic carbocycles. The van der Waals surface area contributed by atoms with E-state index in [0.717, 1.165) is 27.8 Å². The molecule has 0 unspecified atom stereocenters. The number of hydrogen-bond donors (Lipinski definition) is 0. The van der Waals surface area contributed by atoms with E-state index in [1.165, 1.54) is 44.2 Å². The van der Waals surface area contributed by atoms with Gasteiger partial charge in [0.2, 0.25) is 0 Å². The van der Waals surface area contributed by atoms with Crippen LogP contribution in [-0.4, -0.2) is 19.9 Å². The van der Waals surface area contributed by atoms with Crippen molar-refractivity contribution in [3.8, 4) is 67.5 Å². The zero-order chi connectivity index (χ0) is 33.0. The molecule has 232 valence electrons. The molecule has 8 aromatic rings. The number of aromatic nitrogens is 4. The maximum atomic E-state index is 5.06. The molecule has 1 aliphatic carbocycles. The Labute approximate surface area is 285 Å². The average Bonchev–Trinajstić information content (AvgIpc) is 3.42. The lowest BCUT2D eigenvalue weighted by molar-refractivity contribution is 0.666. The number of fused-ring (bicyclic) bond motifs is 5. The van der Waals surface area contributed by atoms with Crippen LogP contribution >= 0.6 is 0 Å². The van der Waals surface area contributed by atoms with Crippen LogP contribution in [0.1, 0.15) is 25.0 Å². The van der Waals surface area contributed by atoms with Crippen molar-refractivity contribution in [3.05, 3.63) is 169 Å². The van der Waals surface area contributed by atoms with Gasteiger partial charge in [0.15, 0.2) is 17.5 Å². The molecule has 4 heteroatoms. The van der Waals surface area contributed by atoms with E-state index in [-0.39, 0.29) is 5.41 Å². The molecule has 2 heterocycles. The molecule has 49 heavy (non-hydrogen) atoms. The molecule has 0 saturated carbocycles. The minimum Gasteiger partial charge on any atom is -0.264 e. The Morgan fingerprint density at radius 1 is 0.449 bits per heavy atom. The first-order valence-corrected chi connectivity index (χ1v) is 16.6. The van der Waals surface area contributed by atoms with E-state index in [1.807, 2.05) is 18.2 Å². The van der Waals surface area contributed by atoms with Crippen molar-refractivity contribution in [3.63, 3.8) is 0 Å². The Hall–Kier alpha value is -6.26. The topological polar surface area (TPSA) is 51.6 Å². The smallest absolute Gasteiger partial charge is 0.165 e. The van der Waals surface area contributed by atoms with Crippen molar-refractivity contribution >= 4 is 10.8 Å². The Balaban J connectivity index is 1.18. The average molecular weight is 629 g/mol. The van der Waals surface area contributed by atoms with Gasteiger partial charge in [0.05, 0.1) is 0 Å². The quantitative estimate of drug-likeness (QED) is 0.190. The van der Waals surface area contributed by atoms with Gasteiger partial charge in [-0.25, -0.2) is 15.0 Å². The van der Waals surface area contributed by atoms with Gasteiger partial charge >= 0.3 is 0 Å². The van der Waals surface area contributed by atoms with Gasteiger partial charge in [-0.05, 0) is 73.5 Å². The summed E-state index contributed by atoms with van der Waals surface area (Å²) in [5.74, 6) is 1.84. The third kappa shape index (κ3) is 4.92. The van der Waals surface area contributed by atoms with E-state index in [2.05, 4.69) is 146 Å². The van der Waals surface area contributed by atoms with E-state index < -0.39 is 0 Å². The summed E-state index contributed by atoms with van der Waals surface area (Å²) < 4.78 is 0. The third-order valence-corrected chi connectivity index (χ3v) is 9.80. The lowest BCUT2D eigenvalue weighted by Gasteiger charge is -2.23. The zero-order valence-electron chi connectivity index (χ0n) is 27.3. The molecule has 0 saturated heterocycles. The molecule has 2 aromatic heterocycles. The number of benzene rings is 6. The van der Waals surface area contributed by atoms with Crippen molar-refractivity contribution in [1.82, 2.24) is 19.9 Å². The Bertz CT molecular complexity index is 2500. The van der Waals surface area contributed by atoms with E-state index in [9.17, 15) is 0 Å². The summed E-state index contributed by atoms with van der Waals surface area (Å²) in [6, 6.07) is 51.3. The molecule has 0 N–H and O–H groups in total. The molecular weight excluding hydrogens is 597 g/mol. The minimum absolute atomic E-state index is 0.128. The molecule has 0 bridgehead atoms. The first-order chi connectivity index (χ1) is 24.0. The molecule has 9 rings (SSSR count). The second-order valence-corrected chi connectivity index (χ2v) is 13.1. The SMILES string of the molecule is CC1(C)c2cccc(-c3cccc(-c4nc(-c5ccc(-c6ccccc6)cc5)nc(-c5cccnc5)n4)c3)c2-c2ccc3ccccc3c21. The Morgan fingerprint density at radius 2 is 1.08 bits per heavy atom. The highest BCUT2D eigenvalue weighted by Crippen LogP contribution is 2.54. The lowest BCUT2D eigenvalue weighted by Crippen LogP contribution is -2.15. The van der Waals surface area contributed by atoms with Gasteiger partial charge in [0, 0.05) is 34.5 Å². The monoisotopic (exact) mass is 628 g/mol. The standard InChI is InChI=1S/C45H32N4/c1-45(2)39-19-9-18-36(40(39)38-25-24-31-13-6-7-17-37(31)41(38)45)33-14-8-15-34(27-33)43-47-42(48-44(49-43)35-16-10-26-46-28-35)32-22-20-30(21-23-32)29-11-4-3-5-12-29/h3-28H,1-2H3. The van der Waals surface area contributed by atoms with E-state index in [0.29, 0.717) is 17.5 Å². The first kappa shape index (κ1) is 28.9. The Kier molecular flexibility index (Phi) is 6.77. The molecule has 1 aliphatic rings. The van der Waals surface area contributed by atoms with Gasteiger partial charge in [-0.2, -0.15) is 0 Å². The van der Waals surface area contributed by atoms with Crippen LogP contribution in [-0.2, 0) is 5.41 Å². The fraction of sp³-hybridized carbons (Fsp3) is 0.0667. The van der Waals surface area contributed by atoms with E-state index >= 15 is 0 Å². The highest BCUT2D eigenvalue weighted by molar-refractivity contribution is 6.01. The summed E-state index contributed by atoms with van der Waals surface area (Å²) in [6.07, 6.45) is 3.56. The maximum Gasteiger partial charge on any atom is 0.165 e.